The Kier molecular flexibility index (Phi) is 3.65. The quantitative estimate of drug-likeness (QED) is 0.530. The van der Waals surface area contributed by atoms with Gasteiger partial charge in [-0.05, 0) is 12.0 Å². The van der Waals surface area contributed by atoms with E-state index in [1.54, 1.807) is 0 Å². The predicted octanol–water partition coefficient (Wildman–Crippen LogP) is -1.58. The van der Waals surface area contributed by atoms with E-state index in [2.05, 4.69) is 0 Å². The van der Waals surface area contributed by atoms with Gasteiger partial charge in [0.25, 0.3) is 5.56 Å². The van der Waals surface area contributed by atoms with Gasteiger partial charge < -0.3 is 15.3 Å². The van der Waals surface area contributed by atoms with Gasteiger partial charge in [-0.15, -0.1) is 0 Å². The van der Waals surface area contributed by atoms with Crippen LogP contribution >= 0.6 is 0 Å². The molecule has 7 nitrogen and oxygen atoms in total. The molecule has 1 aromatic rings. The number of H-pyrrole nitrogens is 1. The van der Waals surface area contributed by atoms with Crippen molar-refractivity contribution in [3.8, 4) is 0 Å². The van der Waals surface area contributed by atoms with Crippen molar-refractivity contribution in [2.24, 2.45) is 0 Å². The number of hydrogen-bond acceptors (Lipinski definition) is 5. The summed E-state index contributed by atoms with van der Waals surface area (Å²) >= 11 is 0. The lowest BCUT2D eigenvalue weighted by Crippen LogP contribution is -2.38. The molecule has 1 heterocycles. The predicted molar refractivity (Wildman–Crippen MR) is 62.2 cm³/mol. The molecule has 0 amide bonds. The van der Waals surface area contributed by atoms with Gasteiger partial charge in [-0.25, -0.2) is 9.18 Å². The molecule has 3 atom stereocenters. The third-order valence-electron chi connectivity index (χ3n) is 3.10. The maximum absolute atomic E-state index is 14.1. The number of hydrogen-bond donors (Lipinski definition) is 4. The van der Waals surface area contributed by atoms with Crippen molar-refractivity contribution < 1.29 is 19.7 Å². The molecule has 0 spiro atoms. The van der Waals surface area contributed by atoms with Crippen molar-refractivity contribution in [2.75, 3.05) is 6.61 Å². The van der Waals surface area contributed by atoms with Crippen molar-refractivity contribution in [2.45, 2.75) is 24.7 Å². The van der Waals surface area contributed by atoms with E-state index in [0.717, 1.165) is 16.8 Å². The molecule has 1 aliphatic rings. The summed E-state index contributed by atoms with van der Waals surface area (Å²) in [5.41, 5.74) is -1.67. The summed E-state index contributed by atoms with van der Waals surface area (Å²) < 4.78 is 14.9. The molecule has 0 unspecified atom stereocenters. The summed E-state index contributed by atoms with van der Waals surface area (Å²) in [5.74, 6) is -0.872. The average molecular weight is 272 g/mol. The van der Waals surface area contributed by atoms with Crippen LogP contribution in [-0.4, -0.2) is 43.7 Å². The van der Waals surface area contributed by atoms with Crippen molar-refractivity contribution in [1.29, 1.82) is 0 Å². The molecule has 0 aromatic carbocycles. The molecule has 2 rings (SSSR count). The van der Waals surface area contributed by atoms with Gasteiger partial charge in [0.05, 0.1) is 0 Å². The largest absolute Gasteiger partial charge is 0.396 e. The molecule has 0 radical (unpaired) electrons. The van der Waals surface area contributed by atoms with Crippen LogP contribution in [0.25, 0.3) is 0 Å². The Morgan fingerprint density at radius 2 is 2.05 bits per heavy atom. The van der Waals surface area contributed by atoms with E-state index < -0.39 is 35.3 Å². The Morgan fingerprint density at radius 3 is 2.63 bits per heavy atom. The first-order valence-electron chi connectivity index (χ1n) is 5.64. The Balaban J connectivity index is 2.50. The fraction of sp³-hybridized carbons (Fsp3) is 0.455. The zero-order valence-electron chi connectivity index (χ0n) is 9.78. The maximum Gasteiger partial charge on any atom is 0.329 e. The van der Waals surface area contributed by atoms with E-state index in [1.165, 1.54) is 0 Å². The first kappa shape index (κ1) is 13.7. The molecule has 4 N–H and O–H groups in total. The summed E-state index contributed by atoms with van der Waals surface area (Å²) in [5, 5.41) is 28.3. The highest BCUT2D eigenvalue weighted by molar-refractivity contribution is 5.28. The number of aliphatic hydroxyl groups is 3. The van der Waals surface area contributed by atoms with Gasteiger partial charge in [-0.3, -0.25) is 14.3 Å². The van der Waals surface area contributed by atoms with Crippen LogP contribution in [0.4, 0.5) is 4.39 Å². The van der Waals surface area contributed by atoms with Crippen LogP contribution in [-0.2, 0) is 0 Å². The number of rotatable bonds is 3. The number of nitrogens with one attached hydrogen (secondary N) is 1. The third-order valence-corrected chi connectivity index (χ3v) is 3.10. The lowest BCUT2D eigenvalue weighted by molar-refractivity contribution is 0.0260. The number of halogens is 1. The average Bonchev–Trinajstić information content (AvgIpc) is 2.55. The summed E-state index contributed by atoms with van der Waals surface area (Å²) in [6.45, 7) is -0.389. The zero-order chi connectivity index (χ0) is 14.2. The third kappa shape index (κ3) is 2.25. The van der Waals surface area contributed by atoms with Crippen LogP contribution < -0.4 is 11.2 Å². The molecule has 0 fully saturated rings. The van der Waals surface area contributed by atoms with Crippen molar-refractivity contribution in [3.63, 3.8) is 0 Å². The van der Waals surface area contributed by atoms with Gasteiger partial charge in [0.2, 0.25) is 0 Å². The van der Waals surface area contributed by atoms with Gasteiger partial charge in [-0.1, -0.05) is 0 Å². The summed E-state index contributed by atoms with van der Waals surface area (Å²) in [6, 6.07) is -0.390. The van der Waals surface area contributed by atoms with E-state index in [9.17, 15) is 24.2 Å². The first-order valence-corrected chi connectivity index (χ1v) is 5.64. The Bertz CT molecular complexity index is 620. The molecular formula is C11H13FN2O5. The second-order valence-corrected chi connectivity index (χ2v) is 4.24. The van der Waals surface area contributed by atoms with Crippen LogP contribution in [0.15, 0.2) is 33.3 Å². The second-order valence-electron chi connectivity index (χ2n) is 4.24. The van der Waals surface area contributed by atoms with E-state index in [-0.39, 0.29) is 18.6 Å². The normalized spacial score (nSPS) is 27.1. The molecule has 8 heteroatoms. The molecule has 104 valence electrons. The molecule has 0 saturated carbocycles. The summed E-state index contributed by atoms with van der Waals surface area (Å²) in [4.78, 5) is 24.4. The number of aromatic amines is 1. The molecule has 0 aliphatic heterocycles. The minimum absolute atomic E-state index is 0.140. The molecule has 1 aliphatic carbocycles. The van der Waals surface area contributed by atoms with Crippen molar-refractivity contribution >= 4 is 0 Å². The van der Waals surface area contributed by atoms with Gasteiger partial charge in [0.1, 0.15) is 24.1 Å². The minimum Gasteiger partial charge on any atom is -0.396 e. The highest BCUT2D eigenvalue weighted by Gasteiger charge is 2.42. The van der Waals surface area contributed by atoms with Crippen LogP contribution in [0.2, 0.25) is 0 Å². The molecular weight excluding hydrogens is 259 g/mol. The van der Waals surface area contributed by atoms with Crippen molar-refractivity contribution in [1.82, 2.24) is 9.55 Å². The fourth-order valence-electron chi connectivity index (χ4n) is 2.18. The SMILES string of the molecule is O=c1ccn([C@@H]2C(F)=C(CCO)[C@@H](O)[C@H]2O)c(=O)[nH]1. The van der Waals surface area contributed by atoms with Crippen LogP contribution in [0.1, 0.15) is 12.5 Å². The number of aliphatic hydroxyl groups excluding tert-OH is 3. The summed E-state index contributed by atoms with van der Waals surface area (Å²) in [7, 11) is 0. The number of aromatic nitrogens is 2. The van der Waals surface area contributed by atoms with Gasteiger partial charge >= 0.3 is 5.69 Å². The Labute approximate surface area is 106 Å². The first-order chi connectivity index (χ1) is 8.97. The lowest BCUT2D eigenvalue weighted by atomic mass is 10.1. The highest BCUT2D eigenvalue weighted by atomic mass is 19.1. The Hall–Kier alpha value is -1.77. The van der Waals surface area contributed by atoms with E-state index >= 15 is 0 Å². The second kappa shape index (κ2) is 5.08. The van der Waals surface area contributed by atoms with Gasteiger partial charge in [0.15, 0.2) is 0 Å². The van der Waals surface area contributed by atoms with Crippen molar-refractivity contribution in [3.05, 3.63) is 44.5 Å². The molecule has 1 aromatic heterocycles. The maximum atomic E-state index is 14.1. The van der Waals surface area contributed by atoms with Gasteiger partial charge in [-0.2, -0.15) is 0 Å². The van der Waals surface area contributed by atoms with Crippen LogP contribution in [0.5, 0.6) is 0 Å². The number of nitrogens with zero attached hydrogens (tertiary/aromatic N) is 1. The van der Waals surface area contributed by atoms with E-state index in [4.69, 9.17) is 5.11 Å². The lowest BCUT2D eigenvalue weighted by Gasteiger charge is -2.19. The van der Waals surface area contributed by atoms with E-state index in [1.807, 2.05) is 4.98 Å². The monoisotopic (exact) mass is 272 g/mol. The topological polar surface area (TPSA) is 116 Å². The van der Waals surface area contributed by atoms with Crippen LogP contribution in [0.3, 0.4) is 0 Å². The highest BCUT2D eigenvalue weighted by Crippen LogP contribution is 2.37. The zero-order valence-corrected chi connectivity index (χ0v) is 9.78. The molecule has 0 bridgehead atoms. The Morgan fingerprint density at radius 1 is 1.37 bits per heavy atom. The standard InChI is InChI=1S/C11H13FN2O5/c12-7-5(2-4-15)9(17)10(18)8(7)14-3-1-6(16)13-11(14)19/h1,3,8-10,15,17-18H,2,4H2,(H,13,16,19)/t8-,9-,10+/m1/s1. The summed E-state index contributed by atoms with van der Waals surface area (Å²) in [6.07, 6.45) is -2.14. The smallest absolute Gasteiger partial charge is 0.329 e. The van der Waals surface area contributed by atoms with Gasteiger partial charge in [0, 0.05) is 18.9 Å². The molecule has 19 heavy (non-hydrogen) atoms. The van der Waals surface area contributed by atoms with Crippen LogP contribution in [0, 0.1) is 0 Å². The fourth-order valence-corrected chi connectivity index (χ4v) is 2.18. The van der Waals surface area contributed by atoms with E-state index in [0.29, 0.717) is 0 Å². The molecule has 0 saturated heterocycles. The minimum atomic E-state index is -1.55.